The van der Waals surface area contributed by atoms with Gasteiger partial charge in [-0.2, -0.15) is 0 Å². The Morgan fingerprint density at radius 1 is 0.905 bits per heavy atom. The molecule has 0 atom stereocenters. The fraction of sp³-hybridized carbons (Fsp3) is 0.133. The van der Waals surface area contributed by atoms with Crippen molar-refractivity contribution >= 4 is 18.4 Å². The van der Waals surface area contributed by atoms with Crippen molar-refractivity contribution in [3.8, 4) is 11.4 Å². The minimum atomic E-state index is -1.72. The van der Waals surface area contributed by atoms with E-state index in [-0.39, 0.29) is 5.72 Å². The van der Waals surface area contributed by atoms with Crippen molar-refractivity contribution in [3.63, 3.8) is 0 Å². The standard InChI is InChI=1S/C15H14BN3O2/c20-16(21)15-18-13(11-7-3-1-4-8-11)17-14(19-15)12-9-5-2-6-10-12/h1,3-5,7-10,20-21H,2,6H2. The minimum absolute atomic E-state index is 0.0428. The molecule has 2 N–H and O–H groups in total. The molecule has 0 saturated heterocycles. The van der Waals surface area contributed by atoms with E-state index in [1.165, 1.54) is 0 Å². The first kappa shape index (κ1) is 13.7. The molecule has 0 radical (unpaired) electrons. The first-order valence-electron chi connectivity index (χ1n) is 6.78. The molecule has 1 aliphatic carbocycles. The highest BCUT2D eigenvalue weighted by Gasteiger charge is 2.19. The molecule has 6 heteroatoms. The van der Waals surface area contributed by atoms with Gasteiger partial charge in [0.05, 0.1) is 0 Å². The summed E-state index contributed by atoms with van der Waals surface area (Å²) in [5.41, 5.74) is 1.64. The van der Waals surface area contributed by atoms with Crippen LogP contribution in [0.3, 0.4) is 0 Å². The summed E-state index contributed by atoms with van der Waals surface area (Å²) in [5, 5.41) is 18.8. The first-order valence-corrected chi connectivity index (χ1v) is 6.78. The molecule has 0 saturated carbocycles. The Bertz CT molecular complexity index is 699. The van der Waals surface area contributed by atoms with E-state index < -0.39 is 7.12 Å². The predicted molar refractivity (Wildman–Crippen MR) is 81.4 cm³/mol. The lowest BCUT2D eigenvalue weighted by Gasteiger charge is -2.09. The van der Waals surface area contributed by atoms with Gasteiger partial charge < -0.3 is 10.0 Å². The molecule has 1 aromatic heterocycles. The zero-order valence-electron chi connectivity index (χ0n) is 11.3. The quantitative estimate of drug-likeness (QED) is 0.818. The normalized spacial score (nSPS) is 13.9. The van der Waals surface area contributed by atoms with E-state index in [0.717, 1.165) is 24.0 Å². The third-order valence-corrected chi connectivity index (χ3v) is 3.17. The first-order chi connectivity index (χ1) is 10.2. The highest BCUT2D eigenvalue weighted by molar-refractivity contribution is 6.56. The van der Waals surface area contributed by atoms with Crippen molar-refractivity contribution in [3.05, 3.63) is 54.4 Å². The second-order valence-corrected chi connectivity index (χ2v) is 4.72. The molecule has 0 bridgehead atoms. The van der Waals surface area contributed by atoms with Gasteiger partial charge in [0.25, 0.3) is 0 Å². The summed E-state index contributed by atoms with van der Waals surface area (Å²) in [5.74, 6) is 0.895. The minimum Gasteiger partial charge on any atom is -0.421 e. The lowest BCUT2D eigenvalue weighted by Crippen LogP contribution is -2.37. The summed E-state index contributed by atoms with van der Waals surface area (Å²) in [7, 11) is -1.72. The second-order valence-electron chi connectivity index (χ2n) is 4.72. The predicted octanol–water partition coefficient (Wildman–Crippen LogP) is 0.952. The highest BCUT2D eigenvalue weighted by Crippen LogP contribution is 2.20. The monoisotopic (exact) mass is 279 g/mol. The van der Waals surface area contributed by atoms with Gasteiger partial charge in [-0.15, -0.1) is 0 Å². The summed E-state index contributed by atoms with van der Waals surface area (Å²) in [6.07, 6.45) is 7.96. The maximum Gasteiger partial charge on any atom is 0.528 e. The molecular weight excluding hydrogens is 265 g/mol. The van der Waals surface area contributed by atoms with Gasteiger partial charge in [-0.3, -0.25) is 0 Å². The molecule has 1 heterocycles. The zero-order valence-corrected chi connectivity index (χ0v) is 11.3. The number of hydrogen-bond donors (Lipinski definition) is 2. The van der Waals surface area contributed by atoms with E-state index in [2.05, 4.69) is 21.0 Å². The Labute approximate surface area is 122 Å². The van der Waals surface area contributed by atoms with Crippen LogP contribution in [0.1, 0.15) is 18.7 Å². The van der Waals surface area contributed by atoms with E-state index in [9.17, 15) is 10.0 Å². The van der Waals surface area contributed by atoms with Gasteiger partial charge in [-0.05, 0) is 12.8 Å². The molecule has 0 aliphatic heterocycles. The summed E-state index contributed by atoms with van der Waals surface area (Å²) in [6.45, 7) is 0. The molecule has 104 valence electrons. The Balaban J connectivity index is 2.11. The van der Waals surface area contributed by atoms with Gasteiger partial charge in [-0.25, -0.2) is 15.0 Å². The third kappa shape index (κ3) is 3.07. The van der Waals surface area contributed by atoms with Crippen molar-refractivity contribution in [1.29, 1.82) is 0 Å². The van der Waals surface area contributed by atoms with Crippen LogP contribution in [0.2, 0.25) is 0 Å². The van der Waals surface area contributed by atoms with Gasteiger partial charge in [-0.1, -0.05) is 48.6 Å². The maximum atomic E-state index is 9.38. The molecule has 0 amide bonds. The molecule has 5 nitrogen and oxygen atoms in total. The van der Waals surface area contributed by atoms with Gasteiger partial charge in [0, 0.05) is 11.1 Å². The van der Waals surface area contributed by atoms with Crippen LogP contribution in [0.4, 0.5) is 0 Å². The lowest BCUT2D eigenvalue weighted by molar-refractivity contribution is 0.422. The number of aromatic nitrogens is 3. The van der Waals surface area contributed by atoms with E-state index in [1.807, 2.05) is 42.5 Å². The smallest absolute Gasteiger partial charge is 0.421 e. The number of hydrogen-bond acceptors (Lipinski definition) is 5. The van der Waals surface area contributed by atoms with Crippen molar-refractivity contribution in [2.24, 2.45) is 0 Å². The average molecular weight is 279 g/mol. The Hall–Kier alpha value is -2.31. The molecular formula is C15H14BN3O2. The average Bonchev–Trinajstić information content (AvgIpc) is 2.56. The Morgan fingerprint density at radius 3 is 2.33 bits per heavy atom. The van der Waals surface area contributed by atoms with E-state index >= 15 is 0 Å². The molecule has 3 rings (SSSR count). The number of benzene rings is 1. The molecule has 2 aromatic rings. The van der Waals surface area contributed by atoms with Crippen LogP contribution >= 0.6 is 0 Å². The second kappa shape index (κ2) is 5.99. The van der Waals surface area contributed by atoms with Crippen LogP contribution in [0.15, 0.2) is 48.6 Å². The van der Waals surface area contributed by atoms with Crippen molar-refractivity contribution in [2.45, 2.75) is 12.8 Å². The Morgan fingerprint density at radius 2 is 1.67 bits per heavy atom. The summed E-state index contributed by atoms with van der Waals surface area (Å²) < 4.78 is 0. The number of rotatable bonds is 3. The fourth-order valence-electron chi connectivity index (χ4n) is 2.13. The molecule has 1 aromatic carbocycles. The molecule has 1 aliphatic rings. The summed E-state index contributed by atoms with van der Waals surface area (Å²) >= 11 is 0. The lowest BCUT2D eigenvalue weighted by atomic mass is 9.90. The van der Waals surface area contributed by atoms with Crippen molar-refractivity contribution in [1.82, 2.24) is 15.0 Å². The van der Waals surface area contributed by atoms with E-state index in [4.69, 9.17) is 0 Å². The highest BCUT2D eigenvalue weighted by atomic mass is 16.4. The topological polar surface area (TPSA) is 79.1 Å². The SMILES string of the molecule is OB(O)c1nc(C2=CCCC=C2)nc(-c2ccccc2)n1. The van der Waals surface area contributed by atoms with Gasteiger partial charge in [0.2, 0.25) is 0 Å². The third-order valence-electron chi connectivity index (χ3n) is 3.17. The summed E-state index contributed by atoms with van der Waals surface area (Å²) in [6, 6.07) is 9.41. The molecule has 0 unspecified atom stereocenters. The van der Waals surface area contributed by atoms with Crippen LogP contribution in [0.25, 0.3) is 17.0 Å². The largest absolute Gasteiger partial charge is 0.528 e. The van der Waals surface area contributed by atoms with E-state index in [0.29, 0.717) is 11.6 Å². The van der Waals surface area contributed by atoms with Crippen molar-refractivity contribution in [2.75, 3.05) is 0 Å². The number of allylic oxidation sites excluding steroid dienone is 4. The van der Waals surface area contributed by atoms with Crippen molar-refractivity contribution < 1.29 is 10.0 Å². The summed E-state index contributed by atoms with van der Waals surface area (Å²) in [4.78, 5) is 12.7. The zero-order chi connectivity index (χ0) is 14.7. The van der Waals surface area contributed by atoms with Crippen LogP contribution < -0.4 is 5.72 Å². The van der Waals surface area contributed by atoms with Crippen LogP contribution in [0.5, 0.6) is 0 Å². The van der Waals surface area contributed by atoms with Crippen LogP contribution in [0, 0.1) is 0 Å². The van der Waals surface area contributed by atoms with Gasteiger partial charge >= 0.3 is 7.12 Å². The Kier molecular flexibility index (Phi) is 3.90. The molecule has 21 heavy (non-hydrogen) atoms. The van der Waals surface area contributed by atoms with Crippen LogP contribution in [-0.2, 0) is 0 Å². The fourth-order valence-corrected chi connectivity index (χ4v) is 2.13. The number of nitrogens with zero attached hydrogens (tertiary/aromatic N) is 3. The molecule has 0 spiro atoms. The van der Waals surface area contributed by atoms with Gasteiger partial charge in [0.1, 0.15) is 0 Å². The van der Waals surface area contributed by atoms with Crippen LogP contribution in [-0.4, -0.2) is 32.1 Å². The molecule has 0 fully saturated rings. The van der Waals surface area contributed by atoms with E-state index in [1.54, 1.807) is 0 Å². The van der Waals surface area contributed by atoms with Gasteiger partial charge in [0.15, 0.2) is 17.4 Å². The maximum absolute atomic E-state index is 9.38.